The molecule has 0 spiro atoms. The largest absolute Gasteiger partial charge is 0.346 e. The molecule has 98 valence electrons. The van der Waals surface area contributed by atoms with Crippen molar-refractivity contribution in [2.24, 2.45) is 0 Å². The van der Waals surface area contributed by atoms with Gasteiger partial charge in [0.25, 0.3) is 0 Å². The Morgan fingerprint density at radius 1 is 1.32 bits per heavy atom. The topological polar surface area (TPSA) is 59.4 Å². The Hall–Kier alpha value is -2.17. The molecule has 3 aromatic rings. The molecule has 0 bridgehead atoms. The fourth-order valence-corrected chi connectivity index (χ4v) is 2.23. The molecule has 0 aliphatic carbocycles. The van der Waals surface area contributed by atoms with Gasteiger partial charge in [-0.1, -0.05) is 6.92 Å². The average molecular weight is 255 g/mol. The summed E-state index contributed by atoms with van der Waals surface area (Å²) in [6, 6.07) is 2.15. The number of rotatable bonds is 3. The summed E-state index contributed by atoms with van der Waals surface area (Å²) in [4.78, 5) is 12.0. The van der Waals surface area contributed by atoms with Crippen molar-refractivity contribution < 1.29 is 0 Å². The van der Waals surface area contributed by atoms with Gasteiger partial charge in [0.2, 0.25) is 0 Å². The molecular formula is C14H17N5. The Kier molecular flexibility index (Phi) is 2.81. The second kappa shape index (κ2) is 4.50. The van der Waals surface area contributed by atoms with E-state index < -0.39 is 0 Å². The predicted molar refractivity (Wildman–Crippen MR) is 74.1 cm³/mol. The van der Waals surface area contributed by atoms with E-state index in [4.69, 9.17) is 0 Å². The quantitative estimate of drug-likeness (QED) is 0.781. The first-order chi connectivity index (χ1) is 9.17. The molecule has 0 radical (unpaired) electrons. The molecule has 5 heteroatoms. The summed E-state index contributed by atoms with van der Waals surface area (Å²) in [6.45, 7) is 6.84. The van der Waals surface area contributed by atoms with Gasteiger partial charge in [0.15, 0.2) is 5.82 Å². The first-order valence-electron chi connectivity index (χ1n) is 6.50. The fourth-order valence-electron chi connectivity index (χ4n) is 2.23. The summed E-state index contributed by atoms with van der Waals surface area (Å²) in [6.07, 6.45) is 4.74. The van der Waals surface area contributed by atoms with Crippen LogP contribution in [-0.2, 0) is 13.0 Å². The summed E-state index contributed by atoms with van der Waals surface area (Å²) >= 11 is 0. The van der Waals surface area contributed by atoms with E-state index in [9.17, 15) is 0 Å². The van der Waals surface area contributed by atoms with Crippen molar-refractivity contribution in [1.82, 2.24) is 24.7 Å². The van der Waals surface area contributed by atoms with Crippen LogP contribution < -0.4 is 0 Å². The molecule has 0 saturated carbocycles. The number of hydrogen-bond donors (Lipinski definition) is 1. The molecule has 1 N–H and O–H groups in total. The predicted octanol–water partition coefficient (Wildman–Crippen LogP) is 2.38. The number of aromatic amines is 1. The normalized spacial score (nSPS) is 11.3. The molecule has 3 rings (SSSR count). The maximum atomic E-state index is 4.50. The zero-order valence-corrected chi connectivity index (χ0v) is 11.4. The van der Waals surface area contributed by atoms with Gasteiger partial charge in [0.05, 0.1) is 6.54 Å². The minimum absolute atomic E-state index is 0.726. The molecule has 3 heterocycles. The minimum Gasteiger partial charge on any atom is -0.346 e. The summed E-state index contributed by atoms with van der Waals surface area (Å²) in [5.74, 6) is 1.85. The highest BCUT2D eigenvalue weighted by Gasteiger charge is 2.09. The summed E-state index contributed by atoms with van der Waals surface area (Å²) < 4.78 is 1.95. The molecule has 0 atom stereocenters. The average Bonchev–Trinajstić information content (AvgIpc) is 2.95. The third-order valence-corrected chi connectivity index (χ3v) is 3.29. The third-order valence-electron chi connectivity index (χ3n) is 3.29. The minimum atomic E-state index is 0.726. The molecule has 0 amide bonds. The van der Waals surface area contributed by atoms with E-state index in [2.05, 4.69) is 40.0 Å². The molecule has 19 heavy (non-hydrogen) atoms. The van der Waals surface area contributed by atoms with Crippen LogP contribution in [0.5, 0.6) is 0 Å². The Labute approximate surface area is 111 Å². The summed E-state index contributed by atoms with van der Waals surface area (Å²) in [7, 11) is 0. The Bertz CT molecular complexity index is 723. The van der Waals surface area contributed by atoms with Crippen LogP contribution in [0.1, 0.15) is 29.7 Å². The van der Waals surface area contributed by atoms with E-state index in [1.807, 2.05) is 24.0 Å². The van der Waals surface area contributed by atoms with Crippen LogP contribution in [-0.4, -0.2) is 24.7 Å². The van der Waals surface area contributed by atoms with Gasteiger partial charge in [-0.05, 0) is 25.5 Å². The molecular weight excluding hydrogens is 238 g/mol. The molecule has 0 aliphatic heterocycles. The van der Waals surface area contributed by atoms with Gasteiger partial charge in [0, 0.05) is 29.8 Å². The van der Waals surface area contributed by atoms with E-state index in [0.29, 0.717) is 0 Å². The van der Waals surface area contributed by atoms with Gasteiger partial charge < -0.3 is 4.98 Å². The van der Waals surface area contributed by atoms with Crippen LogP contribution in [0.25, 0.3) is 11.0 Å². The van der Waals surface area contributed by atoms with Crippen molar-refractivity contribution in [3.8, 4) is 0 Å². The van der Waals surface area contributed by atoms with Crippen molar-refractivity contribution >= 4 is 11.0 Å². The standard InChI is InChI=1S/C14H17N5/c1-4-13-17-10(3)19(18-13)8-11-7-16-14-12(11)5-9(2)6-15-14/h5-7H,4,8H2,1-3H3,(H,15,16). The molecule has 0 fully saturated rings. The molecule has 0 aliphatic rings. The highest BCUT2D eigenvalue weighted by molar-refractivity contribution is 5.80. The van der Waals surface area contributed by atoms with E-state index in [0.717, 1.165) is 41.2 Å². The maximum absolute atomic E-state index is 4.50. The van der Waals surface area contributed by atoms with Gasteiger partial charge in [-0.2, -0.15) is 5.10 Å². The van der Waals surface area contributed by atoms with Crippen LogP contribution in [0.15, 0.2) is 18.5 Å². The van der Waals surface area contributed by atoms with Gasteiger partial charge in [-0.25, -0.2) is 14.6 Å². The van der Waals surface area contributed by atoms with Crippen LogP contribution in [0.2, 0.25) is 0 Å². The van der Waals surface area contributed by atoms with Crippen molar-refractivity contribution in [3.63, 3.8) is 0 Å². The molecule has 0 unspecified atom stereocenters. The van der Waals surface area contributed by atoms with Gasteiger partial charge in [-0.3, -0.25) is 0 Å². The lowest BCUT2D eigenvalue weighted by Crippen LogP contribution is -2.04. The highest BCUT2D eigenvalue weighted by Crippen LogP contribution is 2.18. The van der Waals surface area contributed by atoms with E-state index in [-0.39, 0.29) is 0 Å². The van der Waals surface area contributed by atoms with Gasteiger partial charge in [0.1, 0.15) is 11.5 Å². The molecule has 0 saturated heterocycles. The van der Waals surface area contributed by atoms with E-state index in [1.165, 1.54) is 5.56 Å². The van der Waals surface area contributed by atoms with Crippen LogP contribution in [0.3, 0.4) is 0 Å². The smallest absolute Gasteiger partial charge is 0.150 e. The van der Waals surface area contributed by atoms with Crippen molar-refractivity contribution in [2.75, 3.05) is 0 Å². The third kappa shape index (κ3) is 2.12. The van der Waals surface area contributed by atoms with Crippen LogP contribution in [0.4, 0.5) is 0 Å². The van der Waals surface area contributed by atoms with Gasteiger partial charge >= 0.3 is 0 Å². The number of hydrogen-bond acceptors (Lipinski definition) is 3. The summed E-state index contributed by atoms with van der Waals surface area (Å²) in [5, 5.41) is 5.66. The van der Waals surface area contributed by atoms with Crippen molar-refractivity contribution in [3.05, 3.63) is 41.2 Å². The second-order valence-corrected chi connectivity index (χ2v) is 4.81. The number of nitrogens with one attached hydrogen (secondary N) is 1. The Balaban J connectivity index is 2.00. The number of H-pyrrole nitrogens is 1. The van der Waals surface area contributed by atoms with E-state index in [1.54, 1.807) is 0 Å². The molecule has 0 aromatic carbocycles. The lowest BCUT2D eigenvalue weighted by atomic mass is 10.2. The highest BCUT2D eigenvalue weighted by atomic mass is 15.3. The number of fused-ring (bicyclic) bond motifs is 1. The Morgan fingerprint density at radius 2 is 2.16 bits per heavy atom. The number of pyridine rings is 1. The molecule has 3 aromatic heterocycles. The zero-order valence-electron chi connectivity index (χ0n) is 11.4. The van der Waals surface area contributed by atoms with Gasteiger partial charge in [-0.15, -0.1) is 0 Å². The SMILES string of the molecule is CCc1nc(C)n(Cc2c[nH]c3ncc(C)cc23)n1. The van der Waals surface area contributed by atoms with E-state index >= 15 is 0 Å². The van der Waals surface area contributed by atoms with Crippen LogP contribution in [0, 0.1) is 13.8 Å². The number of nitrogens with zero attached hydrogens (tertiary/aromatic N) is 4. The fraction of sp³-hybridized carbons (Fsp3) is 0.357. The lowest BCUT2D eigenvalue weighted by Gasteiger charge is -2.02. The Morgan fingerprint density at radius 3 is 2.89 bits per heavy atom. The number of aromatic nitrogens is 5. The number of aryl methyl sites for hydroxylation is 3. The first-order valence-corrected chi connectivity index (χ1v) is 6.50. The first kappa shape index (κ1) is 11.9. The maximum Gasteiger partial charge on any atom is 0.150 e. The second-order valence-electron chi connectivity index (χ2n) is 4.81. The van der Waals surface area contributed by atoms with Crippen molar-refractivity contribution in [2.45, 2.75) is 33.7 Å². The summed E-state index contributed by atoms with van der Waals surface area (Å²) in [5.41, 5.74) is 3.29. The zero-order chi connectivity index (χ0) is 13.4. The molecule has 5 nitrogen and oxygen atoms in total. The van der Waals surface area contributed by atoms with Crippen molar-refractivity contribution in [1.29, 1.82) is 0 Å². The lowest BCUT2D eigenvalue weighted by molar-refractivity contribution is 0.655. The van der Waals surface area contributed by atoms with Crippen LogP contribution >= 0.6 is 0 Å². The monoisotopic (exact) mass is 255 g/mol.